The average molecular weight is 453 g/mol. The standard InChI is InChI=1S/C10H9NO.C6H7NO.C3Cl3N3/c11-9-5-1-4-8-7(9)3-2-6-10(8)12;7-5-2-1-3-6(8)4-5;4-1-7-2(5)9-3(6)8-1/h1-6,12H,11H2;1-4,8H,7H2;. The van der Waals surface area contributed by atoms with Crippen LogP contribution in [0.2, 0.25) is 15.9 Å². The van der Waals surface area contributed by atoms with Crippen LogP contribution in [0.5, 0.6) is 11.5 Å². The van der Waals surface area contributed by atoms with E-state index >= 15 is 0 Å². The summed E-state index contributed by atoms with van der Waals surface area (Å²) in [6.45, 7) is 0. The van der Waals surface area contributed by atoms with E-state index in [1.54, 1.807) is 30.3 Å². The van der Waals surface area contributed by atoms with Gasteiger partial charge in [0.2, 0.25) is 15.9 Å². The van der Waals surface area contributed by atoms with Crippen molar-refractivity contribution in [1.29, 1.82) is 0 Å². The maximum atomic E-state index is 9.44. The normalized spacial score (nSPS) is 9.76. The molecule has 0 aliphatic rings. The first-order valence-corrected chi connectivity index (χ1v) is 9.13. The summed E-state index contributed by atoms with van der Waals surface area (Å²) in [6.07, 6.45) is 0. The Hall–Kier alpha value is -3.00. The quantitative estimate of drug-likeness (QED) is 0.278. The molecule has 0 atom stereocenters. The largest absolute Gasteiger partial charge is 0.508 e. The number of nitrogens with zero attached hydrogens (tertiary/aromatic N) is 3. The number of aromatic nitrogens is 3. The fraction of sp³-hybridized carbons (Fsp3) is 0. The summed E-state index contributed by atoms with van der Waals surface area (Å²) in [5, 5.41) is 19.9. The Morgan fingerprint density at radius 1 is 0.655 bits per heavy atom. The first-order valence-electron chi connectivity index (χ1n) is 7.99. The molecule has 1 aromatic heterocycles. The van der Waals surface area contributed by atoms with Gasteiger partial charge >= 0.3 is 0 Å². The van der Waals surface area contributed by atoms with E-state index in [4.69, 9.17) is 51.4 Å². The lowest BCUT2D eigenvalue weighted by Gasteiger charge is -2.02. The first kappa shape index (κ1) is 22.3. The number of hydrogen-bond acceptors (Lipinski definition) is 7. The Morgan fingerprint density at radius 2 is 1.17 bits per heavy atom. The molecule has 10 heteroatoms. The van der Waals surface area contributed by atoms with Crippen LogP contribution in [0.25, 0.3) is 10.8 Å². The molecule has 4 rings (SSSR count). The van der Waals surface area contributed by atoms with Crippen LogP contribution in [0.3, 0.4) is 0 Å². The summed E-state index contributed by atoms with van der Waals surface area (Å²) in [4.78, 5) is 10.4. The second kappa shape index (κ2) is 10.5. The molecule has 0 aliphatic carbocycles. The number of anilines is 2. The highest BCUT2D eigenvalue weighted by Gasteiger charge is 1.99. The summed E-state index contributed by atoms with van der Waals surface area (Å²) < 4.78 is 0. The SMILES string of the molecule is Clc1nc(Cl)nc(Cl)n1.Nc1cccc(O)c1.Nc1cccc2c(O)cccc12. The fourth-order valence-corrected chi connectivity index (χ4v) is 2.76. The minimum Gasteiger partial charge on any atom is -0.508 e. The number of benzene rings is 3. The Morgan fingerprint density at radius 3 is 1.66 bits per heavy atom. The fourth-order valence-electron chi connectivity index (χ4n) is 2.15. The van der Waals surface area contributed by atoms with Crippen molar-refractivity contribution in [3.8, 4) is 11.5 Å². The van der Waals surface area contributed by atoms with Gasteiger partial charge in [-0.25, -0.2) is 0 Å². The van der Waals surface area contributed by atoms with Crippen LogP contribution in [-0.4, -0.2) is 25.2 Å². The molecule has 0 spiro atoms. The highest BCUT2D eigenvalue weighted by atomic mass is 35.5. The van der Waals surface area contributed by atoms with Crippen LogP contribution < -0.4 is 11.5 Å². The summed E-state index contributed by atoms with van der Waals surface area (Å²) >= 11 is 16.0. The number of nitrogens with two attached hydrogens (primary N) is 2. The van der Waals surface area contributed by atoms with Crippen molar-refractivity contribution >= 4 is 57.0 Å². The number of rotatable bonds is 0. The van der Waals surface area contributed by atoms with Crippen molar-refractivity contribution < 1.29 is 10.2 Å². The van der Waals surface area contributed by atoms with Crippen molar-refractivity contribution in [2.75, 3.05) is 11.5 Å². The highest BCUT2D eigenvalue weighted by Crippen LogP contribution is 2.27. The molecular weight excluding hydrogens is 437 g/mol. The highest BCUT2D eigenvalue weighted by molar-refractivity contribution is 6.33. The van der Waals surface area contributed by atoms with Gasteiger partial charge in [0.25, 0.3) is 0 Å². The first-order chi connectivity index (χ1) is 13.8. The molecule has 4 aromatic rings. The van der Waals surface area contributed by atoms with E-state index < -0.39 is 0 Å². The number of halogens is 3. The number of phenols is 2. The van der Waals surface area contributed by atoms with Crippen molar-refractivity contribution in [1.82, 2.24) is 15.0 Å². The minimum atomic E-state index is 0.000000000000000444. The lowest BCUT2D eigenvalue weighted by atomic mass is 10.1. The molecule has 0 radical (unpaired) electrons. The Kier molecular flexibility index (Phi) is 8.09. The molecule has 0 bridgehead atoms. The van der Waals surface area contributed by atoms with Crippen LogP contribution in [0, 0.1) is 0 Å². The van der Waals surface area contributed by atoms with E-state index in [1.165, 1.54) is 6.07 Å². The molecule has 0 saturated heterocycles. The van der Waals surface area contributed by atoms with Crippen molar-refractivity contribution in [2.24, 2.45) is 0 Å². The lowest BCUT2D eigenvalue weighted by molar-refractivity contribution is 0.475. The zero-order valence-electron chi connectivity index (χ0n) is 14.8. The van der Waals surface area contributed by atoms with Crippen molar-refractivity contribution in [2.45, 2.75) is 0 Å². The van der Waals surface area contributed by atoms with E-state index in [2.05, 4.69) is 15.0 Å². The molecule has 3 aromatic carbocycles. The van der Waals surface area contributed by atoms with Gasteiger partial charge in [-0.15, -0.1) is 0 Å². The summed E-state index contributed by atoms with van der Waals surface area (Å²) in [6, 6.07) is 17.3. The molecular formula is C19H16Cl3N5O2. The smallest absolute Gasteiger partial charge is 0.227 e. The second-order valence-electron chi connectivity index (χ2n) is 5.46. The second-order valence-corrected chi connectivity index (χ2v) is 6.47. The molecule has 1 heterocycles. The molecule has 6 N–H and O–H groups in total. The number of phenolic OH excluding ortho intramolecular Hbond substituents is 2. The average Bonchev–Trinajstić information content (AvgIpc) is 2.62. The molecule has 7 nitrogen and oxygen atoms in total. The van der Waals surface area contributed by atoms with Gasteiger partial charge < -0.3 is 21.7 Å². The summed E-state index contributed by atoms with van der Waals surface area (Å²) in [5.74, 6) is 0.491. The van der Waals surface area contributed by atoms with E-state index in [0.29, 0.717) is 11.4 Å². The predicted molar refractivity (Wildman–Crippen MR) is 117 cm³/mol. The maximum Gasteiger partial charge on any atom is 0.227 e. The maximum absolute atomic E-state index is 9.44. The molecule has 0 fully saturated rings. The third-order valence-corrected chi connectivity index (χ3v) is 3.86. The zero-order chi connectivity index (χ0) is 21.4. The Bertz CT molecular complexity index is 1000. The molecule has 0 unspecified atom stereocenters. The van der Waals surface area contributed by atoms with Gasteiger partial charge in [-0.1, -0.05) is 30.3 Å². The third-order valence-electron chi connectivity index (χ3n) is 3.36. The van der Waals surface area contributed by atoms with Gasteiger partial charge in [0.15, 0.2) is 0 Å². The van der Waals surface area contributed by atoms with Crippen molar-refractivity contribution in [3.63, 3.8) is 0 Å². The summed E-state index contributed by atoms with van der Waals surface area (Å²) in [7, 11) is 0. The predicted octanol–water partition coefficient (Wildman–Crippen LogP) is 4.93. The third kappa shape index (κ3) is 7.15. The molecule has 150 valence electrons. The van der Waals surface area contributed by atoms with Gasteiger partial charge in [-0.3, -0.25) is 0 Å². The molecule has 29 heavy (non-hydrogen) atoms. The van der Waals surface area contributed by atoms with Crippen LogP contribution in [0.15, 0.2) is 60.7 Å². The molecule has 0 aliphatic heterocycles. The van der Waals surface area contributed by atoms with Gasteiger partial charge in [-0.2, -0.15) is 15.0 Å². The number of hydrogen-bond donors (Lipinski definition) is 4. The van der Waals surface area contributed by atoms with Crippen LogP contribution in [0.4, 0.5) is 11.4 Å². The Balaban J connectivity index is 0.000000160. The van der Waals surface area contributed by atoms with E-state index in [9.17, 15) is 5.11 Å². The summed E-state index contributed by atoms with van der Waals surface area (Å²) in [5.41, 5.74) is 12.3. The van der Waals surface area contributed by atoms with Gasteiger partial charge in [0, 0.05) is 28.2 Å². The van der Waals surface area contributed by atoms with Gasteiger partial charge in [-0.05, 0) is 59.1 Å². The van der Waals surface area contributed by atoms with Crippen LogP contribution in [-0.2, 0) is 0 Å². The van der Waals surface area contributed by atoms with Gasteiger partial charge in [0.1, 0.15) is 11.5 Å². The topological polar surface area (TPSA) is 131 Å². The molecule has 0 saturated carbocycles. The van der Waals surface area contributed by atoms with E-state index in [1.807, 2.05) is 24.3 Å². The van der Waals surface area contributed by atoms with Crippen LogP contribution >= 0.6 is 34.8 Å². The van der Waals surface area contributed by atoms with Crippen LogP contribution in [0.1, 0.15) is 0 Å². The van der Waals surface area contributed by atoms with E-state index in [-0.39, 0.29) is 27.3 Å². The zero-order valence-corrected chi connectivity index (χ0v) is 17.1. The lowest BCUT2D eigenvalue weighted by Crippen LogP contribution is -1.87. The Labute approximate surface area is 181 Å². The number of nitrogen functional groups attached to an aromatic ring is 2. The van der Waals surface area contributed by atoms with E-state index in [0.717, 1.165) is 10.8 Å². The minimum absolute atomic E-state index is 0.000000000000000444. The monoisotopic (exact) mass is 451 g/mol. The van der Waals surface area contributed by atoms with Gasteiger partial charge in [0.05, 0.1) is 0 Å². The molecule has 0 amide bonds. The number of fused-ring (bicyclic) bond motifs is 1. The van der Waals surface area contributed by atoms with Crippen molar-refractivity contribution in [3.05, 3.63) is 76.5 Å². The number of aromatic hydroxyl groups is 2.